The highest BCUT2D eigenvalue weighted by Gasteiger charge is 2.60. The van der Waals surface area contributed by atoms with Gasteiger partial charge in [0.05, 0.1) is 15.8 Å². The Bertz CT molecular complexity index is 1210. The fraction of sp³-hybridized carbons (Fsp3) is 0.364. The summed E-state index contributed by atoms with van der Waals surface area (Å²) < 4.78 is 95.9. The number of alkyl halides is 6. The van der Waals surface area contributed by atoms with Gasteiger partial charge in [-0.3, -0.25) is 4.79 Å². The van der Waals surface area contributed by atoms with Crippen LogP contribution in [-0.4, -0.2) is 30.5 Å². The van der Waals surface area contributed by atoms with Gasteiger partial charge in [0.15, 0.2) is 10.6 Å². The third-order valence-corrected chi connectivity index (χ3v) is 7.71. The van der Waals surface area contributed by atoms with E-state index in [2.05, 4.69) is 4.40 Å². The van der Waals surface area contributed by atoms with E-state index in [-0.39, 0.29) is 28.8 Å². The van der Waals surface area contributed by atoms with Crippen molar-refractivity contribution in [3.8, 4) is 0 Å². The first-order valence-corrected chi connectivity index (χ1v) is 11.7. The first kappa shape index (κ1) is 26.1. The van der Waals surface area contributed by atoms with Crippen molar-refractivity contribution in [2.24, 2.45) is 4.40 Å². The lowest BCUT2D eigenvalue weighted by Crippen LogP contribution is -2.39. The Kier molecular flexibility index (Phi) is 6.82. The zero-order valence-electron chi connectivity index (χ0n) is 17.5. The highest BCUT2D eigenvalue weighted by molar-refractivity contribution is 7.99. The molecular formula is C22H15Cl2F7N2OS. The maximum atomic E-state index is 14.4. The first-order valence-electron chi connectivity index (χ1n) is 10.2. The van der Waals surface area contributed by atoms with Crippen molar-refractivity contribution >= 4 is 46.8 Å². The summed E-state index contributed by atoms with van der Waals surface area (Å²) in [5.41, 5.74) is 1.26. The van der Waals surface area contributed by atoms with Crippen molar-refractivity contribution < 1.29 is 35.5 Å². The van der Waals surface area contributed by atoms with Crippen LogP contribution in [0.15, 0.2) is 28.7 Å². The van der Waals surface area contributed by atoms with Gasteiger partial charge >= 0.3 is 12.4 Å². The van der Waals surface area contributed by atoms with Crippen molar-refractivity contribution in [2.75, 3.05) is 6.54 Å². The topological polar surface area (TPSA) is 41.5 Å². The van der Waals surface area contributed by atoms with E-state index < -0.39 is 51.8 Å². The molecule has 0 saturated heterocycles. The lowest BCUT2D eigenvalue weighted by molar-refractivity contribution is -0.159. The van der Waals surface area contributed by atoms with E-state index in [9.17, 15) is 35.5 Å². The summed E-state index contributed by atoms with van der Waals surface area (Å²) in [5, 5.41) is 0.714. The summed E-state index contributed by atoms with van der Waals surface area (Å²) in [6.45, 7) is -1.50. The van der Waals surface area contributed by atoms with E-state index >= 15 is 0 Å². The van der Waals surface area contributed by atoms with E-state index in [0.29, 0.717) is 36.0 Å². The predicted octanol–water partition coefficient (Wildman–Crippen LogP) is 7.21. The van der Waals surface area contributed by atoms with E-state index in [0.717, 1.165) is 12.1 Å². The Hall–Kier alpha value is -1.98. The summed E-state index contributed by atoms with van der Waals surface area (Å²) >= 11 is 11.8. The van der Waals surface area contributed by atoms with Crippen LogP contribution in [0.5, 0.6) is 0 Å². The highest BCUT2D eigenvalue weighted by atomic mass is 35.5. The third-order valence-electron chi connectivity index (χ3n) is 5.93. The molecule has 0 spiro atoms. The van der Waals surface area contributed by atoms with Crippen LogP contribution in [0.3, 0.4) is 0 Å². The van der Waals surface area contributed by atoms with Gasteiger partial charge in [-0.1, -0.05) is 29.3 Å². The summed E-state index contributed by atoms with van der Waals surface area (Å²) in [7, 11) is 0. The van der Waals surface area contributed by atoms with Crippen molar-refractivity contribution in [3.05, 3.63) is 67.9 Å². The Balaban J connectivity index is 1.69. The molecule has 13 heteroatoms. The lowest BCUT2D eigenvalue weighted by atomic mass is 9.87. The fourth-order valence-electron chi connectivity index (χ4n) is 4.30. The lowest BCUT2D eigenvalue weighted by Gasteiger charge is -2.30. The number of nitrogens with zero attached hydrogens (tertiary/aromatic N) is 1. The predicted molar refractivity (Wildman–Crippen MR) is 120 cm³/mol. The van der Waals surface area contributed by atoms with Gasteiger partial charge in [0.25, 0.3) is 5.91 Å². The molecule has 1 atom stereocenters. The minimum absolute atomic E-state index is 0.0518. The van der Waals surface area contributed by atoms with Gasteiger partial charge in [-0.2, -0.15) is 26.3 Å². The number of benzene rings is 2. The Morgan fingerprint density at radius 2 is 1.69 bits per heavy atom. The van der Waals surface area contributed by atoms with Gasteiger partial charge in [0.2, 0.25) is 0 Å². The minimum atomic E-state index is -4.81. The van der Waals surface area contributed by atoms with Crippen molar-refractivity contribution in [2.45, 2.75) is 42.8 Å². The van der Waals surface area contributed by atoms with Crippen LogP contribution in [0.2, 0.25) is 10.0 Å². The smallest absolute Gasteiger partial charge is 0.343 e. The van der Waals surface area contributed by atoms with Crippen LogP contribution >= 0.6 is 35.1 Å². The summed E-state index contributed by atoms with van der Waals surface area (Å²) in [6.07, 6.45) is -8.59. The average molecular weight is 559 g/mol. The third kappa shape index (κ3) is 4.86. The van der Waals surface area contributed by atoms with E-state index in [1.165, 1.54) is 12.1 Å². The molecule has 0 radical (unpaired) electrons. The quantitative estimate of drug-likeness (QED) is 0.244. The molecule has 0 bridgehead atoms. The molecule has 1 aliphatic carbocycles. The summed E-state index contributed by atoms with van der Waals surface area (Å²) in [4.78, 5) is 12.3. The van der Waals surface area contributed by atoms with E-state index in [4.69, 9.17) is 23.2 Å². The average Bonchev–Trinajstić information content (AvgIpc) is 3.42. The molecule has 1 aliphatic heterocycles. The molecule has 0 saturated carbocycles. The molecule has 1 heterocycles. The fourth-order valence-corrected chi connectivity index (χ4v) is 5.75. The zero-order chi connectivity index (χ0) is 25.8. The molecule has 1 amide bonds. The van der Waals surface area contributed by atoms with Crippen molar-refractivity contribution in [3.63, 3.8) is 0 Å². The number of halogens is 9. The Labute approximate surface area is 209 Å². The SMILES string of the molecule is O=C(NCC(F)(F)F)c1ccc(C2=NSC(c3cc(Cl)c(F)c(Cl)c3)(C(F)(F)F)C2)c2c1CCC2. The molecule has 1 N–H and O–H groups in total. The molecular weight excluding hydrogens is 544 g/mol. The van der Waals surface area contributed by atoms with Crippen LogP contribution in [0.1, 0.15) is 45.5 Å². The second kappa shape index (κ2) is 9.15. The number of fused-ring (bicyclic) bond motifs is 1. The van der Waals surface area contributed by atoms with Crippen LogP contribution in [0.4, 0.5) is 30.7 Å². The molecule has 4 rings (SSSR count). The number of nitrogens with one attached hydrogen (secondary N) is 1. The zero-order valence-corrected chi connectivity index (χ0v) is 19.8. The van der Waals surface area contributed by atoms with Crippen LogP contribution in [0.25, 0.3) is 0 Å². The Morgan fingerprint density at radius 1 is 1.06 bits per heavy atom. The van der Waals surface area contributed by atoms with Gasteiger partial charge in [0.1, 0.15) is 6.54 Å². The van der Waals surface area contributed by atoms with Gasteiger partial charge in [-0.25, -0.2) is 8.79 Å². The van der Waals surface area contributed by atoms with Gasteiger partial charge in [0, 0.05) is 17.5 Å². The van der Waals surface area contributed by atoms with Crippen LogP contribution in [-0.2, 0) is 17.6 Å². The second-order valence-electron chi connectivity index (χ2n) is 8.15. The normalized spacial score (nSPS) is 20.1. The van der Waals surface area contributed by atoms with Crippen LogP contribution in [0, 0.1) is 5.82 Å². The number of rotatable bonds is 4. The molecule has 1 unspecified atom stereocenters. The molecule has 3 nitrogen and oxygen atoms in total. The molecule has 2 aromatic rings. The standard InChI is InChI=1S/C22H15Cl2F7N2OS/c23-15-6-10(7-16(24)18(15)25)20(22(29,30)31)8-17(33-35-20)13-4-5-14(12-3-1-2-11(12)13)19(34)32-9-21(26,27)28/h4-7H,1-3,8-9H2,(H,32,34). The van der Waals surface area contributed by atoms with Gasteiger partial charge in [-0.15, -0.1) is 0 Å². The number of hydrogen-bond donors (Lipinski definition) is 1. The van der Waals surface area contributed by atoms with Crippen molar-refractivity contribution in [1.82, 2.24) is 5.32 Å². The molecule has 2 aromatic carbocycles. The first-order chi connectivity index (χ1) is 16.2. The molecule has 2 aliphatic rings. The monoisotopic (exact) mass is 558 g/mol. The minimum Gasteiger partial charge on any atom is -0.343 e. The van der Waals surface area contributed by atoms with Gasteiger partial charge < -0.3 is 5.32 Å². The largest absolute Gasteiger partial charge is 0.409 e. The van der Waals surface area contributed by atoms with E-state index in [1.807, 2.05) is 5.32 Å². The van der Waals surface area contributed by atoms with E-state index in [1.54, 1.807) is 0 Å². The molecule has 35 heavy (non-hydrogen) atoms. The van der Waals surface area contributed by atoms with Crippen molar-refractivity contribution in [1.29, 1.82) is 0 Å². The number of hydrogen-bond acceptors (Lipinski definition) is 3. The number of amides is 1. The van der Waals surface area contributed by atoms with Crippen LogP contribution < -0.4 is 5.32 Å². The maximum absolute atomic E-state index is 14.4. The second-order valence-corrected chi connectivity index (χ2v) is 10.0. The number of carbonyl (C=O) groups excluding carboxylic acids is 1. The summed E-state index contributed by atoms with van der Waals surface area (Å²) in [5.74, 6) is -1.94. The number of carbonyl (C=O) groups is 1. The maximum Gasteiger partial charge on any atom is 0.409 e. The summed E-state index contributed by atoms with van der Waals surface area (Å²) in [6, 6.07) is 4.46. The van der Waals surface area contributed by atoms with Gasteiger partial charge in [-0.05, 0) is 66.1 Å². The highest BCUT2D eigenvalue weighted by Crippen LogP contribution is 2.57. The Morgan fingerprint density at radius 3 is 2.29 bits per heavy atom. The molecule has 0 fully saturated rings. The molecule has 0 aromatic heterocycles. The molecule has 188 valence electrons.